The normalized spacial score (nSPS) is 13.4. The number of nitrogens with zero attached hydrogens (tertiary/aromatic N) is 1. The van der Waals surface area contributed by atoms with Crippen LogP contribution < -0.4 is 0 Å². The highest BCUT2D eigenvalue weighted by atomic mass is 16.7. The van der Waals surface area contributed by atoms with E-state index in [0.717, 1.165) is 103 Å². The van der Waals surface area contributed by atoms with Crippen molar-refractivity contribution < 1.29 is 42.9 Å². The van der Waals surface area contributed by atoms with Gasteiger partial charge in [-0.15, -0.1) is 0 Å². The van der Waals surface area contributed by atoms with Crippen LogP contribution in [-0.2, 0) is 33.3 Å². The molecule has 0 heterocycles. The molecule has 0 aliphatic rings. The van der Waals surface area contributed by atoms with Crippen LogP contribution in [0.15, 0.2) is 122 Å². The van der Waals surface area contributed by atoms with E-state index < -0.39 is 24.3 Å². The number of ether oxygens (including phenoxy) is 4. The molecular formula is C80H138NO8+. The predicted octanol–water partition coefficient (Wildman–Crippen LogP) is 23.1. The Hall–Kier alpha value is -4.31. The first kappa shape index (κ1) is 84.7. The van der Waals surface area contributed by atoms with Crippen molar-refractivity contribution in [2.45, 2.75) is 322 Å². The number of likely N-dealkylation sites (N-methyl/N-ethyl adjacent to an activating group) is 1. The molecule has 0 fully saturated rings. The maximum atomic E-state index is 13.0. The quantitative estimate of drug-likeness (QED) is 0.0211. The molecule has 0 aliphatic heterocycles. The molecule has 0 saturated heterocycles. The predicted molar refractivity (Wildman–Crippen MR) is 382 cm³/mol. The van der Waals surface area contributed by atoms with Gasteiger partial charge in [-0.05, 0) is 109 Å². The number of hydrogen-bond donors (Lipinski definition) is 1. The van der Waals surface area contributed by atoms with E-state index in [1.54, 1.807) is 0 Å². The summed E-state index contributed by atoms with van der Waals surface area (Å²) < 4.78 is 23.0. The Kier molecular flexibility index (Phi) is 66.2. The Balaban J connectivity index is 4.14. The average molecular weight is 1240 g/mol. The second-order valence-electron chi connectivity index (χ2n) is 25.5. The average Bonchev–Trinajstić information content (AvgIpc) is 3.64. The molecular weight excluding hydrogens is 1100 g/mol. The highest BCUT2D eigenvalue weighted by Gasteiger charge is 2.25. The molecule has 9 nitrogen and oxygen atoms in total. The summed E-state index contributed by atoms with van der Waals surface area (Å²) in [7, 11) is 5.97. The number of carbonyl (C=O) groups is 3. The Morgan fingerprint density at radius 1 is 0.348 bits per heavy atom. The number of carbonyl (C=O) groups excluding carboxylic acids is 2. The van der Waals surface area contributed by atoms with Crippen LogP contribution in [0.2, 0.25) is 0 Å². The first-order valence-corrected chi connectivity index (χ1v) is 36.7. The van der Waals surface area contributed by atoms with Crippen LogP contribution in [0.3, 0.4) is 0 Å². The lowest BCUT2D eigenvalue weighted by Crippen LogP contribution is -2.40. The first-order valence-electron chi connectivity index (χ1n) is 36.7. The number of quaternary nitrogens is 1. The summed E-state index contributed by atoms with van der Waals surface area (Å²) in [5.41, 5.74) is 0. The van der Waals surface area contributed by atoms with Gasteiger partial charge in [0.05, 0.1) is 34.4 Å². The highest BCUT2D eigenvalue weighted by Crippen LogP contribution is 2.17. The van der Waals surface area contributed by atoms with E-state index in [1.165, 1.54) is 173 Å². The molecule has 1 N–H and O–H groups in total. The summed E-state index contributed by atoms with van der Waals surface area (Å²) in [5, 5.41) is 9.76. The third kappa shape index (κ3) is 71.0. The summed E-state index contributed by atoms with van der Waals surface area (Å²) in [5.74, 6) is -2.01. The first-order chi connectivity index (χ1) is 43.6. The maximum Gasteiger partial charge on any atom is 0.361 e. The number of carboxylic acid groups (broad SMARTS) is 1. The van der Waals surface area contributed by atoms with Crippen LogP contribution in [-0.4, -0.2) is 87.4 Å². The number of hydrogen-bond acceptors (Lipinski definition) is 7. The molecule has 0 bridgehead atoms. The van der Waals surface area contributed by atoms with E-state index in [9.17, 15) is 19.5 Å². The van der Waals surface area contributed by atoms with E-state index in [1.807, 2.05) is 21.1 Å². The van der Waals surface area contributed by atoms with E-state index in [-0.39, 0.29) is 32.2 Å². The van der Waals surface area contributed by atoms with Gasteiger partial charge in [-0.3, -0.25) is 9.59 Å². The summed E-state index contributed by atoms with van der Waals surface area (Å²) in [6.45, 7) is 4.76. The fraction of sp³-hybridized carbons (Fsp3) is 0.713. The fourth-order valence-corrected chi connectivity index (χ4v) is 10.1. The Morgan fingerprint density at radius 3 is 0.955 bits per heavy atom. The second-order valence-corrected chi connectivity index (χ2v) is 25.5. The third-order valence-corrected chi connectivity index (χ3v) is 15.7. The van der Waals surface area contributed by atoms with Crippen LogP contribution in [0.1, 0.15) is 309 Å². The molecule has 0 saturated carbocycles. The van der Waals surface area contributed by atoms with Gasteiger partial charge in [-0.2, -0.15) is 0 Å². The van der Waals surface area contributed by atoms with Crippen molar-refractivity contribution in [3.8, 4) is 0 Å². The van der Waals surface area contributed by atoms with E-state index >= 15 is 0 Å². The molecule has 510 valence electrons. The summed E-state index contributed by atoms with van der Waals surface area (Å²) in [6, 6.07) is 0. The van der Waals surface area contributed by atoms with Crippen molar-refractivity contribution in [3.63, 3.8) is 0 Å². The van der Waals surface area contributed by atoms with Gasteiger partial charge < -0.3 is 28.5 Å². The Bertz CT molecular complexity index is 1880. The molecule has 2 atom stereocenters. The van der Waals surface area contributed by atoms with E-state index in [2.05, 4.69) is 135 Å². The van der Waals surface area contributed by atoms with Gasteiger partial charge in [0.1, 0.15) is 13.2 Å². The standard InChI is InChI=1S/C80H137NO8/c1-6-8-10-12-14-16-18-20-22-24-26-28-30-32-34-36-38-39-41-43-45-47-49-51-53-55-57-59-61-63-65-67-69-71-78(83)89-76(75-88-80(79(84)85)86-73-72-81(3,4)5)74-87-77(82)70-68-66-64-62-60-58-56-54-52-50-48-46-44-42-40-37-35-33-31-29-27-25-23-21-19-17-15-13-11-9-7-2/h8,10,14,16,19-22,25-28,32,34,38-39,43,45,49,51,76,80H,6-7,9,11-13,15,17-18,23-24,29-31,33,35-37,40-42,44,46-48,50,52-75H2,1-5H3/p+1/b10-8-,16-14-,21-19-,22-20-,27-25-,28-26-,34-32-,39-38-,45-43-,51-49-. The smallest absolute Gasteiger partial charge is 0.361 e. The van der Waals surface area contributed by atoms with Crippen molar-refractivity contribution in [2.24, 2.45) is 0 Å². The van der Waals surface area contributed by atoms with Crippen LogP contribution in [0, 0.1) is 0 Å². The van der Waals surface area contributed by atoms with Crippen molar-refractivity contribution >= 4 is 17.9 Å². The van der Waals surface area contributed by atoms with Crippen LogP contribution >= 0.6 is 0 Å². The molecule has 0 amide bonds. The molecule has 0 aromatic carbocycles. The summed E-state index contributed by atoms with van der Waals surface area (Å²) in [4.78, 5) is 37.7. The van der Waals surface area contributed by atoms with Gasteiger partial charge in [-0.1, -0.05) is 309 Å². The Morgan fingerprint density at radius 2 is 0.640 bits per heavy atom. The molecule has 0 aliphatic carbocycles. The van der Waals surface area contributed by atoms with Gasteiger partial charge in [-0.25, -0.2) is 4.79 Å². The van der Waals surface area contributed by atoms with Gasteiger partial charge in [0.15, 0.2) is 6.10 Å². The van der Waals surface area contributed by atoms with Crippen molar-refractivity contribution in [2.75, 3.05) is 47.5 Å². The van der Waals surface area contributed by atoms with Gasteiger partial charge in [0.25, 0.3) is 6.29 Å². The largest absolute Gasteiger partial charge is 0.477 e. The highest BCUT2D eigenvalue weighted by molar-refractivity contribution is 5.71. The van der Waals surface area contributed by atoms with Gasteiger partial charge in [0, 0.05) is 12.8 Å². The zero-order chi connectivity index (χ0) is 64.7. The number of aliphatic carboxylic acids is 1. The summed E-state index contributed by atoms with van der Waals surface area (Å²) >= 11 is 0. The number of rotatable bonds is 67. The minimum Gasteiger partial charge on any atom is -0.477 e. The maximum absolute atomic E-state index is 13.0. The zero-order valence-electron chi connectivity index (χ0n) is 58.3. The summed E-state index contributed by atoms with van der Waals surface area (Å²) in [6.07, 6.45) is 96.0. The number of carboxylic acids is 1. The molecule has 0 spiro atoms. The molecule has 9 heteroatoms. The lowest BCUT2D eigenvalue weighted by Gasteiger charge is -2.25. The Labute approximate surface area is 548 Å². The second kappa shape index (κ2) is 69.6. The lowest BCUT2D eigenvalue weighted by molar-refractivity contribution is -0.870. The van der Waals surface area contributed by atoms with E-state index in [4.69, 9.17) is 18.9 Å². The fourth-order valence-electron chi connectivity index (χ4n) is 10.1. The molecule has 89 heavy (non-hydrogen) atoms. The molecule has 0 radical (unpaired) electrons. The van der Waals surface area contributed by atoms with Crippen molar-refractivity contribution in [1.29, 1.82) is 0 Å². The third-order valence-electron chi connectivity index (χ3n) is 15.7. The monoisotopic (exact) mass is 1240 g/mol. The van der Waals surface area contributed by atoms with Crippen molar-refractivity contribution in [3.05, 3.63) is 122 Å². The number of allylic oxidation sites excluding steroid dienone is 20. The molecule has 0 aromatic heterocycles. The van der Waals surface area contributed by atoms with Crippen LogP contribution in [0.5, 0.6) is 0 Å². The topological polar surface area (TPSA) is 108 Å². The minimum atomic E-state index is -1.52. The lowest BCUT2D eigenvalue weighted by atomic mass is 10.0. The van der Waals surface area contributed by atoms with Gasteiger partial charge >= 0.3 is 17.9 Å². The van der Waals surface area contributed by atoms with Crippen molar-refractivity contribution in [1.82, 2.24) is 0 Å². The van der Waals surface area contributed by atoms with E-state index in [0.29, 0.717) is 23.9 Å². The number of unbranched alkanes of at least 4 members (excludes halogenated alkanes) is 32. The van der Waals surface area contributed by atoms with Gasteiger partial charge in [0.2, 0.25) is 0 Å². The SMILES string of the molecule is CC/C=C\C/C=C\C/C=C\C/C=C\C/C=C\C/C=C\C/C=C\C/C=C\CCCCCCCCCCC(=O)OC(COC(=O)CCCCCCCCCCCCCCCCCCCCC/C=C\C/C=C\CCCCCCC)COC(OCC[N+](C)(C)C)C(=O)O. The minimum absolute atomic E-state index is 0.181. The molecule has 0 aromatic rings. The number of esters is 2. The van der Waals surface area contributed by atoms with Crippen LogP contribution in [0.4, 0.5) is 0 Å². The molecule has 2 unspecified atom stereocenters. The molecule has 0 rings (SSSR count). The van der Waals surface area contributed by atoms with Crippen LogP contribution in [0.25, 0.3) is 0 Å². The zero-order valence-corrected chi connectivity index (χ0v) is 58.3.